The predicted molar refractivity (Wildman–Crippen MR) is 88.0 cm³/mol. The summed E-state index contributed by atoms with van der Waals surface area (Å²) in [5, 5.41) is 8.69. The van der Waals surface area contributed by atoms with E-state index in [1.54, 1.807) is 22.7 Å². The lowest BCUT2D eigenvalue weighted by Crippen LogP contribution is -2.36. The van der Waals surface area contributed by atoms with Gasteiger partial charge in [0.15, 0.2) is 5.96 Å². The maximum absolute atomic E-state index is 4.59. The summed E-state index contributed by atoms with van der Waals surface area (Å²) in [5.74, 6) is 0.862. The van der Waals surface area contributed by atoms with Gasteiger partial charge in [0.1, 0.15) is 0 Å². The topological polar surface area (TPSA) is 36.4 Å². The molecule has 2 aromatic rings. The van der Waals surface area contributed by atoms with Gasteiger partial charge in [-0.2, -0.15) is 0 Å². The van der Waals surface area contributed by atoms with E-state index in [-0.39, 0.29) is 0 Å². The minimum absolute atomic E-state index is 0.704. The molecule has 0 saturated carbocycles. The van der Waals surface area contributed by atoms with Gasteiger partial charge in [0.25, 0.3) is 0 Å². The zero-order valence-corrected chi connectivity index (χ0v) is 13.9. The van der Waals surface area contributed by atoms with E-state index in [0.29, 0.717) is 6.54 Å². The van der Waals surface area contributed by atoms with E-state index in [0.717, 1.165) is 22.8 Å². The van der Waals surface area contributed by atoms with Crippen molar-refractivity contribution in [3.63, 3.8) is 0 Å². The van der Waals surface area contributed by atoms with Crippen LogP contribution in [0.2, 0.25) is 0 Å². The average Bonchev–Trinajstić information content (AvgIpc) is 3.04. The van der Waals surface area contributed by atoms with Gasteiger partial charge in [-0.3, -0.25) is 0 Å². The first-order valence-corrected chi connectivity index (χ1v) is 8.55. The predicted octanol–water partition coefficient (Wildman–Crippen LogP) is 3.83. The number of thiophene rings is 2. The van der Waals surface area contributed by atoms with Crippen molar-refractivity contribution in [3.05, 3.63) is 43.2 Å². The summed E-state index contributed by atoms with van der Waals surface area (Å²) in [7, 11) is 0. The van der Waals surface area contributed by atoms with Crippen LogP contribution in [-0.2, 0) is 13.1 Å². The molecule has 2 N–H and O–H groups in total. The number of aliphatic imine (C=N–C) groups is 1. The van der Waals surface area contributed by atoms with Crippen LogP contribution in [0.15, 0.2) is 38.4 Å². The first-order chi connectivity index (χ1) is 9.28. The van der Waals surface area contributed by atoms with E-state index in [2.05, 4.69) is 68.1 Å². The van der Waals surface area contributed by atoms with Gasteiger partial charge < -0.3 is 10.6 Å². The zero-order chi connectivity index (χ0) is 13.5. The second-order valence-electron chi connectivity index (χ2n) is 3.83. The molecular weight excluding hydrogens is 342 g/mol. The summed E-state index contributed by atoms with van der Waals surface area (Å²) < 4.78 is 1.15. The molecule has 2 aromatic heterocycles. The van der Waals surface area contributed by atoms with Crippen LogP contribution in [0.5, 0.6) is 0 Å². The summed E-state index contributed by atoms with van der Waals surface area (Å²) in [5.41, 5.74) is 0. The molecule has 0 saturated heterocycles. The Labute approximate surface area is 129 Å². The molecule has 102 valence electrons. The van der Waals surface area contributed by atoms with E-state index in [4.69, 9.17) is 0 Å². The highest BCUT2D eigenvalue weighted by Crippen LogP contribution is 2.22. The Balaban J connectivity index is 1.90. The van der Waals surface area contributed by atoms with Gasteiger partial charge in [-0.05, 0) is 46.4 Å². The summed E-state index contributed by atoms with van der Waals surface area (Å²) in [6, 6.07) is 8.34. The summed E-state index contributed by atoms with van der Waals surface area (Å²) in [6.45, 7) is 4.46. The first kappa shape index (κ1) is 14.6. The molecule has 19 heavy (non-hydrogen) atoms. The molecule has 0 bridgehead atoms. The number of nitrogens with zero attached hydrogens (tertiary/aromatic N) is 1. The van der Waals surface area contributed by atoms with Crippen molar-refractivity contribution in [2.45, 2.75) is 20.0 Å². The van der Waals surface area contributed by atoms with Crippen molar-refractivity contribution < 1.29 is 0 Å². The number of nitrogens with one attached hydrogen (secondary N) is 2. The molecule has 0 atom stereocenters. The molecule has 0 fully saturated rings. The Kier molecular flexibility index (Phi) is 5.88. The largest absolute Gasteiger partial charge is 0.357 e. The minimum atomic E-state index is 0.704. The second kappa shape index (κ2) is 7.67. The third kappa shape index (κ3) is 4.97. The third-order valence-corrected chi connectivity index (χ3v) is 4.86. The summed E-state index contributed by atoms with van der Waals surface area (Å²) in [6.07, 6.45) is 0. The fraction of sp³-hybridized carbons (Fsp3) is 0.308. The average molecular weight is 358 g/mol. The first-order valence-electron chi connectivity index (χ1n) is 6.06. The molecule has 0 unspecified atom stereocenters. The summed E-state index contributed by atoms with van der Waals surface area (Å²) in [4.78, 5) is 7.15. The maximum Gasteiger partial charge on any atom is 0.191 e. The Morgan fingerprint density at radius 3 is 2.79 bits per heavy atom. The van der Waals surface area contributed by atoms with Crippen molar-refractivity contribution in [2.24, 2.45) is 4.99 Å². The van der Waals surface area contributed by atoms with E-state index in [9.17, 15) is 0 Å². The molecule has 0 radical (unpaired) electrons. The van der Waals surface area contributed by atoms with E-state index < -0.39 is 0 Å². The maximum atomic E-state index is 4.59. The molecule has 2 heterocycles. The molecule has 2 rings (SSSR count). The summed E-state index contributed by atoms with van der Waals surface area (Å²) >= 11 is 6.94. The highest BCUT2D eigenvalue weighted by atomic mass is 79.9. The fourth-order valence-electron chi connectivity index (χ4n) is 1.52. The SMILES string of the molecule is CCNC(=NCc1ccc(Br)s1)NCc1cccs1. The minimum Gasteiger partial charge on any atom is -0.357 e. The molecular formula is C13H16BrN3S2. The Hall–Kier alpha value is -0.850. The van der Waals surface area contributed by atoms with Gasteiger partial charge in [0, 0.05) is 16.3 Å². The lowest BCUT2D eigenvalue weighted by Gasteiger charge is -2.09. The molecule has 0 amide bonds. The molecule has 0 aliphatic rings. The number of rotatable bonds is 5. The van der Waals surface area contributed by atoms with Crippen LogP contribution < -0.4 is 10.6 Å². The number of hydrogen-bond donors (Lipinski definition) is 2. The van der Waals surface area contributed by atoms with Crippen molar-refractivity contribution in [1.82, 2.24) is 10.6 Å². The standard InChI is InChI=1S/C13H16BrN3S2/c1-2-15-13(16-8-10-4-3-7-18-10)17-9-11-5-6-12(14)19-11/h3-7H,2,8-9H2,1H3,(H2,15,16,17). The highest BCUT2D eigenvalue weighted by Gasteiger charge is 2.00. The van der Waals surface area contributed by atoms with Gasteiger partial charge in [-0.25, -0.2) is 4.99 Å². The van der Waals surface area contributed by atoms with Gasteiger partial charge in [0.2, 0.25) is 0 Å². The second-order valence-corrected chi connectivity index (χ2v) is 7.41. The molecule has 0 aromatic carbocycles. The Bertz CT molecular complexity index is 520. The molecule has 0 spiro atoms. The van der Waals surface area contributed by atoms with Gasteiger partial charge in [-0.15, -0.1) is 22.7 Å². The monoisotopic (exact) mass is 357 g/mol. The van der Waals surface area contributed by atoms with Crippen LogP contribution >= 0.6 is 38.6 Å². The van der Waals surface area contributed by atoms with Crippen LogP contribution in [0, 0.1) is 0 Å². The van der Waals surface area contributed by atoms with Crippen molar-refractivity contribution in [1.29, 1.82) is 0 Å². The third-order valence-electron chi connectivity index (χ3n) is 2.38. The Morgan fingerprint density at radius 2 is 2.16 bits per heavy atom. The quantitative estimate of drug-likeness (QED) is 0.630. The molecule has 6 heteroatoms. The van der Waals surface area contributed by atoms with Crippen LogP contribution in [-0.4, -0.2) is 12.5 Å². The number of hydrogen-bond acceptors (Lipinski definition) is 3. The highest BCUT2D eigenvalue weighted by molar-refractivity contribution is 9.11. The van der Waals surface area contributed by atoms with E-state index in [1.807, 2.05) is 0 Å². The van der Waals surface area contributed by atoms with Crippen molar-refractivity contribution >= 4 is 44.6 Å². The Morgan fingerprint density at radius 1 is 1.26 bits per heavy atom. The van der Waals surface area contributed by atoms with Crippen molar-refractivity contribution in [2.75, 3.05) is 6.54 Å². The van der Waals surface area contributed by atoms with Gasteiger partial charge in [-0.1, -0.05) is 6.07 Å². The van der Waals surface area contributed by atoms with E-state index in [1.165, 1.54) is 9.75 Å². The molecule has 3 nitrogen and oxygen atoms in total. The fourth-order valence-corrected chi connectivity index (χ4v) is 3.57. The van der Waals surface area contributed by atoms with Crippen molar-refractivity contribution in [3.8, 4) is 0 Å². The van der Waals surface area contributed by atoms with Crippen LogP contribution in [0.25, 0.3) is 0 Å². The van der Waals surface area contributed by atoms with Crippen LogP contribution in [0.3, 0.4) is 0 Å². The number of guanidine groups is 1. The van der Waals surface area contributed by atoms with Gasteiger partial charge >= 0.3 is 0 Å². The zero-order valence-electron chi connectivity index (χ0n) is 10.6. The smallest absolute Gasteiger partial charge is 0.191 e. The normalized spacial score (nSPS) is 11.6. The lowest BCUT2D eigenvalue weighted by molar-refractivity contribution is 0.825. The van der Waals surface area contributed by atoms with Crippen LogP contribution in [0.4, 0.5) is 0 Å². The lowest BCUT2D eigenvalue weighted by atomic mass is 10.4. The van der Waals surface area contributed by atoms with E-state index >= 15 is 0 Å². The molecule has 0 aliphatic carbocycles. The van der Waals surface area contributed by atoms with Crippen LogP contribution in [0.1, 0.15) is 16.7 Å². The number of halogens is 1. The molecule has 0 aliphatic heterocycles. The van der Waals surface area contributed by atoms with Gasteiger partial charge in [0.05, 0.1) is 16.9 Å².